The van der Waals surface area contributed by atoms with Gasteiger partial charge in [0.05, 0.1) is 12.2 Å². The van der Waals surface area contributed by atoms with Gasteiger partial charge in [-0.2, -0.15) is 0 Å². The van der Waals surface area contributed by atoms with E-state index in [1.165, 1.54) is 5.57 Å². The molecule has 0 spiro atoms. The molecule has 0 saturated carbocycles. The molecule has 1 heteroatoms. The number of ether oxygens (including phenoxy) is 1. The van der Waals surface area contributed by atoms with Crippen LogP contribution in [0.4, 0.5) is 0 Å². The van der Waals surface area contributed by atoms with Gasteiger partial charge in [0.25, 0.3) is 0 Å². The first-order valence-electron chi connectivity index (χ1n) is 8.69. The summed E-state index contributed by atoms with van der Waals surface area (Å²) in [5, 5.41) is 0. The fourth-order valence-corrected chi connectivity index (χ4v) is 2.70. The van der Waals surface area contributed by atoms with Gasteiger partial charge in [-0.05, 0) is 44.6 Å². The Morgan fingerprint density at radius 2 is 1.86 bits per heavy atom. The predicted octanol–water partition coefficient (Wildman–Crippen LogP) is 5.46. The Balaban J connectivity index is 2.61. The highest BCUT2D eigenvalue weighted by Crippen LogP contribution is 2.28. The van der Waals surface area contributed by atoms with Crippen LogP contribution in [0, 0.1) is 35.5 Å². The molecule has 0 aromatic carbocycles. The predicted molar refractivity (Wildman–Crippen MR) is 92.0 cm³/mol. The summed E-state index contributed by atoms with van der Waals surface area (Å²) >= 11 is 0. The second kappa shape index (κ2) is 8.64. The van der Waals surface area contributed by atoms with E-state index in [1.807, 2.05) is 0 Å². The second-order valence-electron chi connectivity index (χ2n) is 7.13. The van der Waals surface area contributed by atoms with Gasteiger partial charge in [-0.25, -0.2) is 0 Å². The SMILES string of the molecule is CCC(C)C#CC(CCC1OC(C)C(C)C=C1C)C(C)C. The fraction of sp³-hybridized carbons (Fsp3) is 0.800. The molecular formula is C20H34O. The lowest BCUT2D eigenvalue weighted by Gasteiger charge is -2.32. The zero-order valence-corrected chi connectivity index (χ0v) is 15.1. The quantitative estimate of drug-likeness (QED) is 0.482. The Kier molecular flexibility index (Phi) is 7.53. The lowest BCUT2D eigenvalue weighted by molar-refractivity contribution is -0.0190. The van der Waals surface area contributed by atoms with Crippen molar-refractivity contribution in [2.45, 2.75) is 79.9 Å². The molecule has 0 fully saturated rings. The molecule has 1 aliphatic heterocycles. The number of rotatable bonds is 5. The topological polar surface area (TPSA) is 9.23 Å². The highest BCUT2D eigenvalue weighted by molar-refractivity contribution is 5.12. The lowest BCUT2D eigenvalue weighted by Crippen LogP contribution is -2.31. The summed E-state index contributed by atoms with van der Waals surface area (Å²) in [7, 11) is 0. The summed E-state index contributed by atoms with van der Waals surface area (Å²) in [4.78, 5) is 0. The Morgan fingerprint density at radius 3 is 2.43 bits per heavy atom. The van der Waals surface area contributed by atoms with Gasteiger partial charge < -0.3 is 4.74 Å². The van der Waals surface area contributed by atoms with E-state index >= 15 is 0 Å². The molecule has 5 atom stereocenters. The molecule has 0 aliphatic carbocycles. The van der Waals surface area contributed by atoms with Crippen LogP contribution in [0.25, 0.3) is 0 Å². The van der Waals surface area contributed by atoms with Gasteiger partial charge in [0.2, 0.25) is 0 Å². The van der Waals surface area contributed by atoms with Crippen LogP contribution in [-0.2, 0) is 4.74 Å². The van der Waals surface area contributed by atoms with Crippen LogP contribution in [0.3, 0.4) is 0 Å². The molecule has 0 aromatic rings. The monoisotopic (exact) mass is 290 g/mol. The van der Waals surface area contributed by atoms with Gasteiger partial charge in [0.15, 0.2) is 0 Å². The Hall–Kier alpha value is -0.740. The average molecular weight is 290 g/mol. The van der Waals surface area contributed by atoms with E-state index in [1.54, 1.807) is 0 Å². The fourth-order valence-electron chi connectivity index (χ4n) is 2.70. The van der Waals surface area contributed by atoms with Crippen molar-refractivity contribution in [1.82, 2.24) is 0 Å². The molecule has 1 rings (SSSR count). The third kappa shape index (κ3) is 5.87. The maximum Gasteiger partial charge on any atom is 0.0786 e. The highest BCUT2D eigenvalue weighted by atomic mass is 16.5. The largest absolute Gasteiger partial charge is 0.370 e. The smallest absolute Gasteiger partial charge is 0.0786 e. The van der Waals surface area contributed by atoms with Crippen molar-refractivity contribution in [2.75, 3.05) is 0 Å². The molecular weight excluding hydrogens is 256 g/mol. The minimum atomic E-state index is 0.294. The van der Waals surface area contributed by atoms with E-state index in [0.717, 1.165) is 19.3 Å². The van der Waals surface area contributed by atoms with Crippen molar-refractivity contribution in [2.24, 2.45) is 23.7 Å². The van der Waals surface area contributed by atoms with Crippen molar-refractivity contribution in [3.05, 3.63) is 11.6 Å². The molecule has 21 heavy (non-hydrogen) atoms. The van der Waals surface area contributed by atoms with Crippen molar-refractivity contribution in [3.63, 3.8) is 0 Å². The minimum Gasteiger partial charge on any atom is -0.370 e. The zero-order valence-electron chi connectivity index (χ0n) is 15.1. The summed E-state index contributed by atoms with van der Waals surface area (Å²) in [5.41, 5.74) is 1.40. The molecule has 0 saturated heterocycles. The van der Waals surface area contributed by atoms with Gasteiger partial charge in [0.1, 0.15) is 0 Å². The molecule has 0 N–H and O–H groups in total. The van der Waals surface area contributed by atoms with Gasteiger partial charge >= 0.3 is 0 Å². The van der Waals surface area contributed by atoms with Crippen molar-refractivity contribution >= 4 is 0 Å². The Morgan fingerprint density at radius 1 is 1.19 bits per heavy atom. The molecule has 1 aliphatic rings. The summed E-state index contributed by atoms with van der Waals surface area (Å²) in [5.74, 6) is 9.10. The normalized spacial score (nSPS) is 28.6. The van der Waals surface area contributed by atoms with Crippen molar-refractivity contribution in [3.8, 4) is 11.8 Å². The third-order valence-electron chi connectivity index (χ3n) is 4.83. The first kappa shape index (κ1) is 18.3. The van der Waals surface area contributed by atoms with Crippen LogP contribution in [0.1, 0.15) is 67.7 Å². The van der Waals surface area contributed by atoms with Crippen LogP contribution < -0.4 is 0 Å². The van der Waals surface area contributed by atoms with E-state index in [9.17, 15) is 0 Å². The molecule has 0 radical (unpaired) electrons. The van der Waals surface area contributed by atoms with Gasteiger partial charge in [0, 0.05) is 17.8 Å². The molecule has 0 aromatic heterocycles. The van der Waals surface area contributed by atoms with Gasteiger partial charge in [-0.3, -0.25) is 0 Å². The van der Waals surface area contributed by atoms with E-state index in [2.05, 4.69) is 66.4 Å². The van der Waals surface area contributed by atoms with Crippen LogP contribution in [0.5, 0.6) is 0 Å². The van der Waals surface area contributed by atoms with Crippen LogP contribution in [0.15, 0.2) is 11.6 Å². The van der Waals surface area contributed by atoms with E-state index in [-0.39, 0.29) is 0 Å². The highest BCUT2D eigenvalue weighted by Gasteiger charge is 2.25. The zero-order chi connectivity index (χ0) is 16.0. The van der Waals surface area contributed by atoms with Gasteiger partial charge in [-0.15, -0.1) is 0 Å². The molecule has 120 valence electrons. The minimum absolute atomic E-state index is 0.294. The second-order valence-corrected chi connectivity index (χ2v) is 7.13. The first-order valence-corrected chi connectivity index (χ1v) is 8.69. The molecule has 1 heterocycles. The lowest BCUT2D eigenvalue weighted by atomic mass is 9.87. The molecule has 0 amide bonds. The maximum atomic E-state index is 6.17. The maximum absolute atomic E-state index is 6.17. The molecule has 0 bridgehead atoms. The van der Waals surface area contributed by atoms with Crippen molar-refractivity contribution in [1.29, 1.82) is 0 Å². The number of hydrogen-bond donors (Lipinski definition) is 0. The van der Waals surface area contributed by atoms with Gasteiger partial charge in [-0.1, -0.05) is 52.5 Å². The van der Waals surface area contributed by atoms with Crippen molar-refractivity contribution < 1.29 is 4.74 Å². The third-order valence-corrected chi connectivity index (χ3v) is 4.83. The summed E-state index contributed by atoms with van der Waals surface area (Å²) < 4.78 is 6.17. The summed E-state index contributed by atoms with van der Waals surface area (Å²) in [6.07, 6.45) is 6.38. The first-order chi connectivity index (χ1) is 9.85. The summed E-state index contributed by atoms with van der Waals surface area (Å²) in [6.45, 7) is 15.6. The van der Waals surface area contributed by atoms with E-state index in [0.29, 0.717) is 35.9 Å². The van der Waals surface area contributed by atoms with Crippen LogP contribution in [0.2, 0.25) is 0 Å². The molecule has 1 nitrogen and oxygen atoms in total. The van der Waals surface area contributed by atoms with E-state index in [4.69, 9.17) is 4.74 Å². The average Bonchev–Trinajstić information content (AvgIpc) is 2.43. The van der Waals surface area contributed by atoms with Crippen LogP contribution >= 0.6 is 0 Å². The molecule has 5 unspecified atom stereocenters. The summed E-state index contributed by atoms with van der Waals surface area (Å²) in [6, 6.07) is 0. The number of hydrogen-bond acceptors (Lipinski definition) is 1. The standard InChI is InChI=1S/C20H34O/c1-8-15(4)9-10-19(14(2)3)11-12-20-17(6)13-16(5)18(7)21-20/h13-16,18-20H,8,11-12H2,1-7H3. The van der Waals surface area contributed by atoms with Crippen LogP contribution in [-0.4, -0.2) is 12.2 Å². The van der Waals surface area contributed by atoms with E-state index < -0.39 is 0 Å². The Labute approximate surface area is 132 Å². The Bertz CT molecular complexity index is 396.